The van der Waals surface area contributed by atoms with Gasteiger partial charge in [0.25, 0.3) is 0 Å². The second kappa shape index (κ2) is 10.6. The lowest BCUT2D eigenvalue weighted by Gasteiger charge is -2.07. The van der Waals surface area contributed by atoms with Gasteiger partial charge in [-0.15, -0.1) is 6.42 Å². The van der Waals surface area contributed by atoms with Crippen molar-refractivity contribution in [3.8, 4) is 12.3 Å². The van der Waals surface area contributed by atoms with E-state index < -0.39 is 0 Å². The number of aliphatic hydroxyl groups is 1. The Morgan fingerprint density at radius 3 is 2.40 bits per heavy atom. The van der Waals surface area contributed by atoms with E-state index in [-0.39, 0.29) is 19.1 Å². The smallest absolute Gasteiger partial charge is 0.190 e. The minimum Gasteiger partial charge on any atom is -0.466 e. The van der Waals surface area contributed by atoms with Crippen LogP contribution in [0.25, 0.3) is 0 Å². The quantitative estimate of drug-likeness (QED) is 0.413. The zero-order valence-electron chi connectivity index (χ0n) is 9.87. The van der Waals surface area contributed by atoms with Crippen molar-refractivity contribution in [2.24, 2.45) is 10.7 Å². The predicted molar refractivity (Wildman–Crippen MR) is 63.5 cm³/mol. The monoisotopic (exact) mass is 212 g/mol. The first kappa shape index (κ1) is 16.0. The molecule has 0 saturated carbocycles. The van der Waals surface area contributed by atoms with Crippen molar-refractivity contribution in [3.63, 3.8) is 0 Å². The number of ether oxygens (including phenoxy) is 1. The van der Waals surface area contributed by atoms with E-state index in [1.54, 1.807) is 14.0 Å². The summed E-state index contributed by atoms with van der Waals surface area (Å²) in [5.41, 5.74) is 6.63. The van der Waals surface area contributed by atoms with Crippen LogP contribution in [0.3, 0.4) is 0 Å². The van der Waals surface area contributed by atoms with Gasteiger partial charge >= 0.3 is 0 Å². The lowest BCUT2D eigenvalue weighted by Crippen LogP contribution is -2.14. The van der Waals surface area contributed by atoms with Gasteiger partial charge in [-0.25, -0.2) is 0 Å². The largest absolute Gasteiger partial charge is 0.466 e. The third-order valence-corrected chi connectivity index (χ3v) is 1.53. The molecule has 0 aromatic rings. The van der Waals surface area contributed by atoms with E-state index in [1.807, 2.05) is 13.8 Å². The zero-order chi connectivity index (χ0) is 12.3. The molecule has 0 saturated heterocycles. The van der Waals surface area contributed by atoms with Crippen LogP contribution in [-0.4, -0.2) is 31.1 Å². The summed E-state index contributed by atoms with van der Waals surface area (Å²) in [6, 6.07) is 0. The van der Waals surface area contributed by atoms with Gasteiger partial charge in [-0.1, -0.05) is 19.8 Å². The Morgan fingerprint density at radius 1 is 1.53 bits per heavy atom. The molecule has 15 heavy (non-hydrogen) atoms. The molecule has 4 nitrogen and oxygen atoms in total. The Balaban J connectivity index is 0. The summed E-state index contributed by atoms with van der Waals surface area (Å²) in [6.07, 6.45) is 4.99. The molecule has 0 aromatic carbocycles. The Bertz CT molecular complexity index is 262. The molecule has 0 aliphatic rings. The van der Waals surface area contributed by atoms with Gasteiger partial charge in [-0.05, 0) is 6.92 Å². The van der Waals surface area contributed by atoms with E-state index in [9.17, 15) is 0 Å². The van der Waals surface area contributed by atoms with E-state index >= 15 is 0 Å². The highest BCUT2D eigenvalue weighted by Crippen LogP contribution is 2.02. The molecule has 0 amide bonds. The number of terminal acetylenes is 1. The van der Waals surface area contributed by atoms with Crippen molar-refractivity contribution >= 4 is 5.71 Å². The molecule has 0 atom stereocenters. The highest BCUT2D eigenvalue weighted by Gasteiger charge is 2.05. The number of rotatable bonds is 4. The molecule has 0 heterocycles. The second-order valence-electron chi connectivity index (χ2n) is 2.31. The zero-order valence-corrected chi connectivity index (χ0v) is 9.87. The Hall–Kier alpha value is -1.47. The summed E-state index contributed by atoms with van der Waals surface area (Å²) in [4.78, 5) is 3.83. The molecule has 86 valence electrons. The predicted octanol–water partition coefficient (Wildman–Crippen LogP) is 0.916. The van der Waals surface area contributed by atoms with E-state index in [2.05, 4.69) is 10.9 Å². The lowest BCUT2D eigenvalue weighted by molar-refractivity contribution is 0.247. The molecule has 0 spiro atoms. The number of hydrogen-bond donors (Lipinski definition) is 2. The summed E-state index contributed by atoms with van der Waals surface area (Å²) in [5, 5.41) is 8.85. The standard InChI is InChI=1S/C9H14N2O2.C2H6/c1-4-5-13-9(10)7(2)8(6-12)11-3;1-2/h1,12H,5-6,10H2,2-3H3;1-2H3/b9-7+,11-8?;. The molecule has 0 fully saturated rings. The average Bonchev–Trinajstić information content (AvgIpc) is 2.30. The second-order valence-corrected chi connectivity index (χ2v) is 2.31. The van der Waals surface area contributed by atoms with E-state index in [4.69, 9.17) is 22.0 Å². The van der Waals surface area contributed by atoms with Crippen LogP contribution < -0.4 is 5.73 Å². The highest BCUT2D eigenvalue weighted by molar-refractivity contribution is 6.00. The van der Waals surface area contributed by atoms with Crippen LogP contribution in [0.15, 0.2) is 16.4 Å². The van der Waals surface area contributed by atoms with Crippen LogP contribution in [0.1, 0.15) is 20.8 Å². The molecule has 0 aliphatic heterocycles. The number of aliphatic hydroxyl groups excluding tert-OH is 1. The van der Waals surface area contributed by atoms with Crippen molar-refractivity contribution in [1.82, 2.24) is 0 Å². The molecule has 0 unspecified atom stereocenters. The van der Waals surface area contributed by atoms with Crippen molar-refractivity contribution in [1.29, 1.82) is 0 Å². The molecule has 0 rings (SSSR count). The minimum atomic E-state index is -0.164. The van der Waals surface area contributed by atoms with Crippen molar-refractivity contribution in [2.75, 3.05) is 20.3 Å². The van der Waals surface area contributed by atoms with E-state index in [0.29, 0.717) is 11.3 Å². The SMILES string of the molecule is C#CCO/C(N)=C(\C)C(CO)=NC.CC. The Labute approximate surface area is 91.8 Å². The minimum absolute atomic E-state index is 0.117. The maximum Gasteiger partial charge on any atom is 0.190 e. The van der Waals surface area contributed by atoms with Gasteiger partial charge in [0.1, 0.15) is 6.61 Å². The first-order valence-corrected chi connectivity index (χ1v) is 4.76. The van der Waals surface area contributed by atoms with E-state index in [0.717, 1.165) is 0 Å². The molecule has 0 aromatic heterocycles. The topological polar surface area (TPSA) is 67.8 Å². The average molecular weight is 212 g/mol. The Morgan fingerprint density at radius 2 is 2.07 bits per heavy atom. The summed E-state index contributed by atoms with van der Waals surface area (Å²) < 4.78 is 4.97. The number of nitrogens with two attached hydrogens (primary N) is 1. The molecule has 0 aliphatic carbocycles. The van der Waals surface area contributed by atoms with Gasteiger partial charge in [-0.3, -0.25) is 4.99 Å². The molecule has 0 bridgehead atoms. The van der Waals surface area contributed by atoms with E-state index in [1.165, 1.54) is 0 Å². The first-order valence-electron chi connectivity index (χ1n) is 4.76. The molecule has 0 radical (unpaired) electrons. The van der Waals surface area contributed by atoms with Gasteiger partial charge in [0, 0.05) is 12.6 Å². The molecular formula is C11H20N2O2. The Kier molecular flexibility index (Phi) is 11.3. The summed E-state index contributed by atoms with van der Waals surface area (Å²) in [7, 11) is 1.57. The van der Waals surface area contributed by atoms with Gasteiger partial charge in [0.15, 0.2) is 5.88 Å². The van der Waals surface area contributed by atoms with Crippen molar-refractivity contribution in [3.05, 3.63) is 11.5 Å². The van der Waals surface area contributed by atoms with Gasteiger partial charge in [-0.2, -0.15) is 0 Å². The van der Waals surface area contributed by atoms with Crippen LogP contribution in [0, 0.1) is 12.3 Å². The van der Waals surface area contributed by atoms with Gasteiger partial charge in [0.2, 0.25) is 0 Å². The van der Waals surface area contributed by atoms with Crippen LogP contribution in [0.5, 0.6) is 0 Å². The maximum absolute atomic E-state index is 8.85. The third-order valence-electron chi connectivity index (χ3n) is 1.53. The van der Waals surface area contributed by atoms with Crippen LogP contribution >= 0.6 is 0 Å². The summed E-state index contributed by atoms with van der Waals surface area (Å²) in [5.74, 6) is 2.49. The molecule has 4 heteroatoms. The third kappa shape index (κ3) is 6.58. The maximum atomic E-state index is 8.85. The summed E-state index contributed by atoms with van der Waals surface area (Å²) in [6.45, 7) is 5.67. The fraction of sp³-hybridized carbons (Fsp3) is 0.545. The van der Waals surface area contributed by atoms with Crippen molar-refractivity contribution < 1.29 is 9.84 Å². The molecule has 3 N–H and O–H groups in total. The summed E-state index contributed by atoms with van der Waals surface area (Å²) >= 11 is 0. The first-order chi connectivity index (χ1) is 7.17. The molecular weight excluding hydrogens is 192 g/mol. The van der Waals surface area contributed by atoms with Gasteiger partial charge in [0.05, 0.1) is 12.3 Å². The number of hydrogen-bond acceptors (Lipinski definition) is 4. The van der Waals surface area contributed by atoms with Crippen LogP contribution in [0.2, 0.25) is 0 Å². The fourth-order valence-corrected chi connectivity index (χ4v) is 0.727. The van der Waals surface area contributed by atoms with Crippen LogP contribution in [0.4, 0.5) is 0 Å². The van der Waals surface area contributed by atoms with Crippen molar-refractivity contribution in [2.45, 2.75) is 20.8 Å². The van der Waals surface area contributed by atoms with Crippen LogP contribution in [-0.2, 0) is 4.74 Å². The van der Waals surface area contributed by atoms with Gasteiger partial charge < -0.3 is 15.6 Å². The normalized spacial score (nSPS) is 11.9. The number of nitrogens with zero attached hydrogens (tertiary/aromatic N) is 1. The fourth-order valence-electron chi connectivity index (χ4n) is 0.727. The number of aliphatic imine (C=N–C) groups is 1. The highest BCUT2D eigenvalue weighted by atomic mass is 16.5. The lowest BCUT2D eigenvalue weighted by atomic mass is 10.2.